The fraction of sp³-hybridized carbons (Fsp3) is 0.226. The van der Waals surface area contributed by atoms with E-state index in [9.17, 15) is 14.0 Å². The zero-order valence-electron chi connectivity index (χ0n) is 22.9. The van der Waals surface area contributed by atoms with Crippen LogP contribution in [0.4, 0.5) is 8.78 Å². The number of methoxy groups -OCH3 is 2. The van der Waals surface area contributed by atoms with E-state index >= 15 is 4.39 Å². The standard InChI is InChI=1S/C31H26F2N4O5/c1-40-27-15-20-23(16-28(27)41-2)34-17-35-30(20)42-19-11-10-18(22(33)14-19)13-26(38)29-25-9-5-6-12-36(25)37(31(29)39)24-8-4-3-7-21(24)32/h3-4,7-8,10-11,14-17H,5-6,9,12-13H2,1-2H3. The van der Waals surface area contributed by atoms with Crippen LogP contribution in [0.25, 0.3) is 16.6 Å². The third kappa shape index (κ3) is 4.76. The molecule has 0 amide bonds. The van der Waals surface area contributed by atoms with Crippen LogP contribution in [0, 0.1) is 11.6 Å². The van der Waals surface area contributed by atoms with Gasteiger partial charge in [-0.05, 0) is 49.1 Å². The quantitative estimate of drug-likeness (QED) is 0.229. The first-order chi connectivity index (χ1) is 20.4. The Morgan fingerprint density at radius 1 is 0.952 bits per heavy atom. The molecule has 1 aliphatic heterocycles. The molecule has 0 saturated carbocycles. The molecule has 3 aromatic carbocycles. The van der Waals surface area contributed by atoms with E-state index in [1.807, 2.05) is 0 Å². The van der Waals surface area contributed by atoms with Crippen molar-refractivity contribution in [3.8, 4) is 28.8 Å². The summed E-state index contributed by atoms with van der Waals surface area (Å²) >= 11 is 0. The minimum atomic E-state index is -0.680. The van der Waals surface area contributed by atoms with E-state index in [0.29, 0.717) is 41.1 Å². The van der Waals surface area contributed by atoms with Crippen LogP contribution in [0.5, 0.6) is 23.1 Å². The number of rotatable bonds is 8. The van der Waals surface area contributed by atoms with Gasteiger partial charge in [0.25, 0.3) is 5.56 Å². The summed E-state index contributed by atoms with van der Waals surface area (Å²) in [5, 5.41) is 0.527. The van der Waals surface area contributed by atoms with Crippen molar-refractivity contribution < 1.29 is 27.8 Å². The van der Waals surface area contributed by atoms with Gasteiger partial charge in [0.15, 0.2) is 17.3 Å². The summed E-state index contributed by atoms with van der Waals surface area (Å²) in [5.74, 6) is -0.510. The molecule has 0 unspecified atom stereocenters. The summed E-state index contributed by atoms with van der Waals surface area (Å²) in [6.45, 7) is 0.475. The summed E-state index contributed by atoms with van der Waals surface area (Å²) in [7, 11) is 3.02. The fourth-order valence-electron chi connectivity index (χ4n) is 5.32. The molecule has 0 aliphatic carbocycles. The number of carbonyl (C=O) groups is 1. The molecule has 9 nitrogen and oxygen atoms in total. The van der Waals surface area contributed by atoms with Gasteiger partial charge in [0.05, 0.1) is 30.8 Å². The number of Topliss-reactive ketones (excluding diaryl/α,β-unsaturated/α-hetero) is 1. The Balaban J connectivity index is 1.29. The van der Waals surface area contributed by atoms with Crippen molar-refractivity contribution in [1.29, 1.82) is 0 Å². The van der Waals surface area contributed by atoms with Crippen LogP contribution in [0.2, 0.25) is 0 Å². The van der Waals surface area contributed by atoms with Crippen LogP contribution < -0.4 is 19.8 Å². The molecular formula is C31H26F2N4O5. The molecule has 0 atom stereocenters. The number of hydrogen-bond donors (Lipinski definition) is 0. The highest BCUT2D eigenvalue weighted by molar-refractivity contribution is 5.98. The van der Waals surface area contributed by atoms with Gasteiger partial charge >= 0.3 is 0 Å². The Hall–Kier alpha value is -5.06. The van der Waals surface area contributed by atoms with Crippen molar-refractivity contribution in [2.24, 2.45) is 0 Å². The molecule has 2 aromatic heterocycles. The van der Waals surface area contributed by atoms with E-state index < -0.39 is 23.0 Å². The SMILES string of the molecule is COc1cc2ncnc(Oc3ccc(CC(=O)c4c5n(n(-c6ccccc6F)c4=O)CCCC5)c(F)c3)c2cc1OC. The molecule has 6 rings (SSSR count). The van der Waals surface area contributed by atoms with E-state index in [-0.39, 0.29) is 34.9 Å². The van der Waals surface area contributed by atoms with Gasteiger partial charge in [0, 0.05) is 25.1 Å². The highest BCUT2D eigenvalue weighted by Crippen LogP contribution is 2.36. The smallest absolute Gasteiger partial charge is 0.282 e. The second kappa shape index (κ2) is 11.1. The van der Waals surface area contributed by atoms with Gasteiger partial charge < -0.3 is 14.2 Å². The maximum atomic E-state index is 15.3. The lowest BCUT2D eigenvalue weighted by molar-refractivity contribution is 0.0989. The molecule has 1 aliphatic rings. The van der Waals surface area contributed by atoms with E-state index in [4.69, 9.17) is 14.2 Å². The van der Waals surface area contributed by atoms with Crippen LogP contribution in [0.1, 0.15) is 34.5 Å². The lowest BCUT2D eigenvalue weighted by Gasteiger charge is -2.19. The minimum absolute atomic E-state index is 0.0329. The van der Waals surface area contributed by atoms with E-state index in [1.165, 1.54) is 55.6 Å². The van der Waals surface area contributed by atoms with Crippen LogP contribution in [0.3, 0.4) is 0 Å². The van der Waals surface area contributed by atoms with Crippen LogP contribution >= 0.6 is 0 Å². The maximum Gasteiger partial charge on any atom is 0.282 e. The number of aromatic nitrogens is 4. The van der Waals surface area contributed by atoms with Gasteiger partial charge in [0.2, 0.25) is 5.88 Å². The average molecular weight is 573 g/mol. The van der Waals surface area contributed by atoms with Crippen molar-refractivity contribution >= 4 is 16.7 Å². The normalized spacial score (nSPS) is 12.7. The summed E-state index contributed by atoms with van der Waals surface area (Å²) in [5.41, 5.74) is 0.615. The van der Waals surface area contributed by atoms with Gasteiger partial charge in [-0.3, -0.25) is 14.3 Å². The first-order valence-corrected chi connectivity index (χ1v) is 13.4. The van der Waals surface area contributed by atoms with Gasteiger partial charge in [-0.15, -0.1) is 0 Å². The molecule has 0 N–H and O–H groups in total. The molecule has 0 saturated heterocycles. The molecule has 11 heteroatoms. The van der Waals surface area contributed by atoms with Crippen molar-refractivity contribution in [2.45, 2.75) is 32.2 Å². The largest absolute Gasteiger partial charge is 0.493 e. The Morgan fingerprint density at radius 3 is 2.50 bits per heavy atom. The van der Waals surface area contributed by atoms with Crippen molar-refractivity contribution in [1.82, 2.24) is 19.3 Å². The van der Waals surface area contributed by atoms with E-state index in [2.05, 4.69) is 9.97 Å². The minimum Gasteiger partial charge on any atom is -0.493 e. The molecule has 0 radical (unpaired) electrons. The maximum absolute atomic E-state index is 15.3. The number of ketones is 1. The Morgan fingerprint density at radius 2 is 1.74 bits per heavy atom. The third-order valence-corrected chi connectivity index (χ3v) is 7.33. The third-order valence-electron chi connectivity index (χ3n) is 7.33. The molecule has 0 bridgehead atoms. The van der Waals surface area contributed by atoms with E-state index in [1.54, 1.807) is 22.9 Å². The fourth-order valence-corrected chi connectivity index (χ4v) is 5.32. The first-order valence-electron chi connectivity index (χ1n) is 13.4. The van der Waals surface area contributed by atoms with Gasteiger partial charge in [-0.1, -0.05) is 18.2 Å². The predicted octanol–water partition coefficient (Wildman–Crippen LogP) is 5.43. The topological polar surface area (TPSA) is 97.5 Å². The highest BCUT2D eigenvalue weighted by Gasteiger charge is 2.29. The van der Waals surface area contributed by atoms with Crippen LogP contribution in [0.15, 0.2) is 65.7 Å². The Labute approximate surface area is 238 Å². The number of halogens is 2. The monoisotopic (exact) mass is 572 g/mol. The second-order valence-electron chi connectivity index (χ2n) is 9.83. The first kappa shape index (κ1) is 27.1. The molecule has 0 fully saturated rings. The Bertz CT molecular complexity index is 1900. The molecule has 0 spiro atoms. The van der Waals surface area contributed by atoms with Gasteiger partial charge in [-0.25, -0.2) is 23.4 Å². The zero-order valence-corrected chi connectivity index (χ0v) is 22.9. The molecule has 42 heavy (non-hydrogen) atoms. The number of hydrogen-bond acceptors (Lipinski definition) is 7. The lowest BCUT2D eigenvalue weighted by atomic mass is 9.99. The van der Waals surface area contributed by atoms with Gasteiger partial charge in [0.1, 0.15) is 35.0 Å². The van der Waals surface area contributed by atoms with Crippen molar-refractivity contribution in [3.05, 3.63) is 99.7 Å². The number of ether oxygens (including phenoxy) is 3. The Kier molecular flexibility index (Phi) is 7.15. The summed E-state index contributed by atoms with van der Waals surface area (Å²) in [4.78, 5) is 35.4. The summed E-state index contributed by atoms with van der Waals surface area (Å²) in [6.07, 6.45) is 3.05. The zero-order chi connectivity index (χ0) is 29.4. The number of fused-ring (bicyclic) bond motifs is 2. The summed E-state index contributed by atoms with van der Waals surface area (Å²) in [6, 6.07) is 13.4. The van der Waals surface area contributed by atoms with Crippen LogP contribution in [-0.2, 0) is 19.4 Å². The number of benzene rings is 3. The average Bonchev–Trinajstić information content (AvgIpc) is 3.29. The molecular weight excluding hydrogens is 546 g/mol. The number of nitrogens with zero attached hydrogens (tertiary/aromatic N) is 4. The van der Waals surface area contributed by atoms with Gasteiger partial charge in [-0.2, -0.15) is 0 Å². The number of carbonyl (C=O) groups excluding carboxylic acids is 1. The summed E-state index contributed by atoms with van der Waals surface area (Å²) < 4.78 is 49.4. The molecule has 3 heterocycles. The number of para-hydroxylation sites is 1. The van der Waals surface area contributed by atoms with E-state index in [0.717, 1.165) is 18.9 Å². The second-order valence-corrected chi connectivity index (χ2v) is 9.83. The lowest BCUT2D eigenvalue weighted by Crippen LogP contribution is -2.25. The predicted molar refractivity (Wildman–Crippen MR) is 150 cm³/mol. The van der Waals surface area contributed by atoms with Crippen LogP contribution in [-0.4, -0.2) is 39.3 Å². The van der Waals surface area contributed by atoms with Crippen molar-refractivity contribution in [2.75, 3.05) is 14.2 Å². The van der Waals surface area contributed by atoms with Crippen molar-refractivity contribution in [3.63, 3.8) is 0 Å². The molecule has 214 valence electrons. The molecule has 5 aromatic rings. The highest BCUT2D eigenvalue weighted by atomic mass is 19.1.